The maximum atomic E-state index is 4.41. The van der Waals surface area contributed by atoms with Gasteiger partial charge >= 0.3 is 0 Å². The van der Waals surface area contributed by atoms with Crippen molar-refractivity contribution in [3.8, 4) is 11.4 Å². The monoisotopic (exact) mass is 274 g/mol. The zero-order valence-electron chi connectivity index (χ0n) is 8.73. The van der Waals surface area contributed by atoms with Crippen molar-refractivity contribution in [1.29, 1.82) is 0 Å². The van der Waals surface area contributed by atoms with Crippen molar-refractivity contribution in [2.75, 3.05) is 0 Å². The van der Waals surface area contributed by atoms with Crippen molar-refractivity contribution in [3.05, 3.63) is 46.7 Å². The molecule has 16 heavy (non-hydrogen) atoms. The molecule has 1 aromatic heterocycles. The van der Waals surface area contributed by atoms with Crippen LogP contribution in [0.25, 0.3) is 11.4 Å². The molecule has 1 saturated carbocycles. The maximum absolute atomic E-state index is 4.41. The summed E-state index contributed by atoms with van der Waals surface area (Å²) in [6.45, 7) is 0. The van der Waals surface area contributed by atoms with E-state index in [1.165, 1.54) is 18.4 Å². The van der Waals surface area contributed by atoms with Crippen LogP contribution >= 0.6 is 15.9 Å². The Labute approximate surface area is 103 Å². The third kappa shape index (κ3) is 2.00. The Morgan fingerprint density at radius 3 is 2.19 bits per heavy atom. The van der Waals surface area contributed by atoms with E-state index in [1.807, 2.05) is 36.7 Å². The summed E-state index contributed by atoms with van der Waals surface area (Å²) in [4.78, 5) is 8.83. The van der Waals surface area contributed by atoms with Crippen LogP contribution in [0.15, 0.2) is 41.1 Å². The van der Waals surface area contributed by atoms with Gasteiger partial charge < -0.3 is 0 Å². The highest BCUT2D eigenvalue weighted by molar-refractivity contribution is 9.10. The van der Waals surface area contributed by atoms with Gasteiger partial charge in [0.2, 0.25) is 0 Å². The lowest BCUT2D eigenvalue weighted by Crippen LogP contribution is -1.90. The van der Waals surface area contributed by atoms with Crippen LogP contribution in [-0.2, 0) is 0 Å². The first kappa shape index (κ1) is 9.97. The molecule has 1 fully saturated rings. The third-order valence-electron chi connectivity index (χ3n) is 2.82. The molecule has 0 unspecified atom stereocenters. The second kappa shape index (κ2) is 3.98. The number of nitrogens with zero attached hydrogens (tertiary/aromatic N) is 2. The molecule has 1 heterocycles. The van der Waals surface area contributed by atoms with Crippen molar-refractivity contribution in [3.63, 3.8) is 0 Å². The molecule has 2 nitrogen and oxygen atoms in total. The average molecular weight is 275 g/mol. The molecule has 3 heteroatoms. The van der Waals surface area contributed by atoms with Gasteiger partial charge in [-0.2, -0.15) is 0 Å². The minimum absolute atomic E-state index is 0.721. The van der Waals surface area contributed by atoms with Crippen LogP contribution in [0.5, 0.6) is 0 Å². The van der Waals surface area contributed by atoms with E-state index in [9.17, 15) is 0 Å². The van der Waals surface area contributed by atoms with Gasteiger partial charge in [-0.3, -0.25) is 0 Å². The van der Waals surface area contributed by atoms with Gasteiger partial charge in [0.25, 0.3) is 0 Å². The van der Waals surface area contributed by atoms with Crippen molar-refractivity contribution in [1.82, 2.24) is 9.97 Å². The van der Waals surface area contributed by atoms with Gasteiger partial charge in [0.1, 0.15) is 0 Å². The van der Waals surface area contributed by atoms with Crippen LogP contribution in [0.2, 0.25) is 0 Å². The van der Waals surface area contributed by atoms with E-state index in [-0.39, 0.29) is 0 Å². The van der Waals surface area contributed by atoms with E-state index < -0.39 is 0 Å². The Hall–Kier alpha value is -1.22. The first-order chi connectivity index (χ1) is 7.83. The normalized spacial score (nSPS) is 15.1. The molecule has 0 aliphatic heterocycles. The largest absolute Gasteiger partial charge is 0.236 e. The SMILES string of the molecule is Brc1ccc(-c2ncc(C3CC3)cn2)cc1. The van der Waals surface area contributed by atoms with Crippen LogP contribution < -0.4 is 0 Å². The summed E-state index contributed by atoms with van der Waals surface area (Å²) in [7, 11) is 0. The van der Waals surface area contributed by atoms with Crippen LogP contribution in [0, 0.1) is 0 Å². The van der Waals surface area contributed by atoms with Crippen molar-refractivity contribution in [2.45, 2.75) is 18.8 Å². The number of aromatic nitrogens is 2. The summed E-state index contributed by atoms with van der Waals surface area (Å²) in [5, 5.41) is 0. The second-order valence-corrected chi connectivity index (χ2v) is 5.04. The number of halogens is 1. The van der Waals surface area contributed by atoms with Crippen LogP contribution in [0.4, 0.5) is 0 Å². The molecule has 0 saturated heterocycles. The van der Waals surface area contributed by atoms with E-state index in [4.69, 9.17) is 0 Å². The fourth-order valence-corrected chi connectivity index (χ4v) is 1.98. The standard InChI is InChI=1S/C13H11BrN2/c14-12-5-3-10(4-6-12)13-15-7-11(8-16-13)9-1-2-9/h3-9H,1-2H2. The van der Waals surface area contributed by atoms with Crippen LogP contribution in [0.1, 0.15) is 24.3 Å². The summed E-state index contributed by atoms with van der Waals surface area (Å²) in [5.41, 5.74) is 2.34. The van der Waals surface area contributed by atoms with Gasteiger partial charge in [0.05, 0.1) is 0 Å². The molecule has 0 radical (unpaired) electrons. The first-order valence-corrected chi connectivity index (χ1v) is 6.20. The van der Waals surface area contributed by atoms with Crippen LogP contribution in [-0.4, -0.2) is 9.97 Å². The Bertz CT molecular complexity index is 486. The van der Waals surface area contributed by atoms with E-state index in [0.29, 0.717) is 0 Å². The zero-order valence-corrected chi connectivity index (χ0v) is 10.3. The van der Waals surface area contributed by atoms with Crippen molar-refractivity contribution >= 4 is 15.9 Å². The van der Waals surface area contributed by atoms with Crippen molar-refractivity contribution in [2.24, 2.45) is 0 Å². The molecule has 0 amide bonds. The quantitative estimate of drug-likeness (QED) is 0.833. The average Bonchev–Trinajstić information content (AvgIpc) is 3.14. The Kier molecular flexibility index (Phi) is 2.48. The van der Waals surface area contributed by atoms with Gasteiger partial charge in [-0.05, 0) is 36.5 Å². The molecule has 0 spiro atoms. The fraction of sp³-hybridized carbons (Fsp3) is 0.231. The molecule has 0 bridgehead atoms. The summed E-state index contributed by atoms with van der Waals surface area (Å²) in [6, 6.07) is 8.06. The van der Waals surface area contributed by atoms with Gasteiger partial charge in [0, 0.05) is 22.4 Å². The summed E-state index contributed by atoms with van der Waals surface area (Å²) in [6.07, 6.45) is 6.51. The minimum Gasteiger partial charge on any atom is -0.236 e. The molecular formula is C13H11BrN2. The summed E-state index contributed by atoms with van der Waals surface area (Å²) in [5.74, 6) is 1.52. The predicted molar refractivity (Wildman–Crippen MR) is 67.1 cm³/mol. The Morgan fingerprint density at radius 1 is 1.00 bits per heavy atom. The lowest BCUT2D eigenvalue weighted by atomic mass is 10.2. The smallest absolute Gasteiger partial charge is 0.159 e. The lowest BCUT2D eigenvalue weighted by molar-refractivity contribution is 1.04. The number of hydrogen-bond acceptors (Lipinski definition) is 2. The molecule has 0 atom stereocenters. The highest BCUT2D eigenvalue weighted by Crippen LogP contribution is 2.39. The highest BCUT2D eigenvalue weighted by Gasteiger charge is 2.23. The maximum Gasteiger partial charge on any atom is 0.159 e. The minimum atomic E-state index is 0.721. The van der Waals surface area contributed by atoms with E-state index in [0.717, 1.165) is 21.8 Å². The topological polar surface area (TPSA) is 25.8 Å². The van der Waals surface area contributed by atoms with Crippen molar-refractivity contribution < 1.29 is 0 Å². The van der Waals surface area contributed by atoms with Gasteiger partial charge in [-0.15, -0.1) is 0 Å². The third-order valence-corrected chi connectivity index (χ3v) is 3.35. The molecule has 1 aliphatic rings. The second-order valence-electron chi connectivity index (χ2n) is 4.12. The Balaban J connectivity index is 1.91. The van der Waals surface area contributed by atoms with Crippen LogP contribution in [0.3, 0.4) is 0 Å². The molecule has 80 valence electrons. The van der Waals surface area contributed by atoms with Gasteiger partial charge in [-0.1, -0.05) is 28.1 Å². The summed E-state index contributed by atoms with van der Waals surface area (Å²) < 4.78 is 1.07. The fourth-order valence-electron chi connectivity index (χ4n) is 1.71. The van der Waals surface area contributed by atoms with Gasteiger partial charge in [0.15, 0.2) is 5.82 Å². The van der Waals surface area contributed by atoms with E-state index in [2.05, 4.69) is 25.9 Å². The highest BCUT2D eigenvalue weighted by atomic mass is 79.9. The molecule has 2 aromatic rings. The molecule has 1 aliphatic carbocycles. The van der Waals surface area contributed by atoms with E-state index >= 15 is 0 Å². The molecular weight excluding hydrogens is 264 g/mol. The Morgan fingerprint density at radius 2 is 1.62 bits per heavy atom. The molecule has 0 N–H and O–H groups in total. The van der Waals surface area contributed by atoms with E-state index in [1.54, 1.807) is 0 Å². The number of rotatable bonds is 2. The molecule has 1 aromatic carbocycles. The zero-order chi connectivity index (χ0) is 11.0. The number of benzene rings is 1. The first-order valence-electron chi connectivity index (χ1n) is 5.41. The lowest BCUT2D eigenvalue weighted by Gasteiger charge is -2.01. The predicted octanol–water partition coefficient (Wildman–Crippen LogP) is 3.78. The molecule has 3 rings (SSSR count). The number of hydrogen-bond donors (Lipinski definition) is 0. The van der Waals surface area contributed by atoms with Gasteiger partial charge in [-0.25, -0.2) is 9.97 Å². The summed E-state index contributed by atoms with van der Waals surface area (Å²) >= 11 is 3.42.